The first kappa shape index (κ1) is 32.4. The lowest BCUT2D eigenvalue weighted by atomic mass is 9.89. The van der Waals surface area contributed by atoms with Gasteiger partial charge in [0.2, 0.25) is 23.7 Å². The maximum Gasteiger partial charge on any atom is 0.419 e. The highest BCUT2D eigenvalue weighted by Crippen LogP contribution is 2.33. The molecule has 3 heterocycles. The fraction of sp³-hybridized carbons (Fsp3) is 0.519. The number of methoxy groups -OCH3 is 1. The van der Waals surface area contributed by atoms with E-state index in [1.54, 1.807) is 32.0 Å². The van der Waals surface area contributed by atoms with Crippen molar-refractivity contribution in [2.75, 3.05) is 70.7 Å². The minimum atomic E-state index is -4.48. The first-order chi connectivity index (χ1) is 20.0. The van der Waals surface area contributed by atoms with Crippen molar-refractivity contribution in [2.24, 2.45) is 11.8 Å². The molecule has 4 rings (SSSR count). The van der Waals surface area contributed by atoms with Crippen LogP contribution in [-0.2, 0) is 20.6 Å². The van der Waals surface area contributed by atoms with E-state index < -0.39 is 11.7 Å². The van der Waals surface area contributed by atoms with Gasteiger partial charge in [-0.2, -0.15) is 13.2 Å². The first-order valence-corrected chi connectivity index (χ1v) is 13.5. The van der Waals surface area contributed by atoms with Crippen molar-refractivity contribution in [2.45, 2.75) is 19.5 Å². The van der Waals surface area contributed by atoms with Crippen LogP contribution in [0.3, 0.4) is 0 Å². The summed E-state index contributed by atoms with van der Waals surface area (Å²) in [6, 6.07) is 5.46. The number of benzene rings is 1. The molecule has 0 bridgehead atoms. The monoisotopic (exact) mass is 594 g/mol. The number of aromatic nitrogens is 2. The Morgan fingerprint density at radius 2 is 1.55 bits per heavy atom. The smallest absolute Gasteiger partial charge is 0.419 e. The molecule has 0 radical (unpaired) electrons. The number of halogens is 3. The second-order valence-electron chi connectivity index (χ2n) is 9.81. The first-order valence-electron chi connectivity index (χ1n) is 13.5. The molecule has 0 saturated carbocycles. The van der Waals surface area contributed by atoms with Gasteiger partial charge >= 0.3 is 6.18 Å². The van der Waals surface area contributed by atoms with E-state index in [1.165, 1.54) is 7.11 Å². The van der Waals surface area contributed by atoms with Gasteiger partial charge in [0.1, 0.15) is 5.75 Å². The molecule has 0 spiro atoms. The number of piperidine rings is 1. The van der Waals surface area contributed by atoms with Crippen molar-refractivity contribution in [3.63, 3.8) is 0 Å². The molecule has 230 valence electrons. The summed E-state index contributed by atoms with van der Waals surface area (Å²) < 4.78 is 43.2. The highest BCUT2D eigenvalue weighted by molar-refractivity contribution is 5.82. The highest BCUT2D eigenvalue weighted by Gasteiger charge is 2.31. The summed E-state index contributed by atoms with van der Waals surface area (Å²) in [4.78, 5) is 45.5. The molecule has 1 aromatic carbocycles. The highest BCUT2D eigenvalue weighted by atomic mass is 19.4. The minimum Gasteiger partial charge on any atom is -0.494 e. The summed E-state index contributed by atoms with van der Waals surface area (Å²) in [5, 5.41) is 11.2. The van der Waals surface area contributed by atoms with Crippen molar-refractivity contribution in [1.82, 2.24) is 30.8 Å². The fourth-order valence-corrected chi connectivity index (χ4v) is 4.67. The van der Waals surface area contributed by atoms with Gasteiger partial charge < -0.3 is 35.8 Å². The van der Waals surface area contributed by atoms with Gasteiger partial charge in [-0.3, -0.25) is 14.4 Å². The van der Waals surface area contributed by atoms with Crippen LogP contribution in [0.1, 0.15) is 18.9 Å². The Morgan fingerprint density at radius 1 is 0.976 bits per heavy atom. The topological polar surface area (TPSA) is 141 Å². The molecule has 2 saturated heterocycles. The second-order valence-corrected chi connectivity index (χ2v) is 9.81. The van der Waals surface area contributed by atoms with Crippen LogP contribution in [0.5, 0.6) is 5.75 Å². The Labute approximate surface area is 242 Å². The molecule has 2 unspecified atom stereocenters. The standard InChI is InChI=1S/C18H20F3N5O2.C9H17N3O2/c1-12(27)25-5-7-26(8-6-25)14-3-4-15(16(9-14)28-2)24-17-22-10-13(11-23-17)18(19,20)21;1-10-8(13)6-3-7(5-12-4-6)9(14)11-2/h3-4,9-11H,5-8H2,1-2H3,(H,22,23,24);6-7,12H,3-5H2,1-2H3,(H,10,13)(H,11,14). The third-order valence-corrected chi connectivity index (χ3v) is 7.09. The number of ether oxygens (including phenoxy) is 1. The summed E-state index contributed by atoms with van der Waals surface area (Å²) in [6.45, 7) is 5.59. The van der Waals surface area contributed by atoms with Gasteiger partial charge in [-0.05, 0) is 18.6 Å². The molecule has 42 heavy (non-hydrogen) atoms. The van der Waals surface area contributed by atoms with Crippen LogP contribution >= 0.6 is 0 Å². The predicted molar refractivity (Wildman–Crippen MR) is 150 cm³/mol. The Balaban J connectivity index is 0.000000291. The van der Waals surface area contributed by atoms with E-state index >= 15 is 0 Å². The summed E-state index contributed by atoms with van der Waals surface area (Å²) in [6.07, 6.45) is -2.40. The van der Waals surface area contributed by atoms with Gasteiger partial charge in [0, 0.05) is 84.4 Å². The summed E-state index contributed by atoms with van der Waals surface area (Å²) in [5.74, 6) is 0.446. The van der Waals surface area contributed by atoms with Crippen LogP contribution in [-0.4, -0.2) is 93.1 Å². The quantitative estimate of drug-likeness (QED) is 0.393. The zero-order chi connectivity index (χ0) is 30.9. The number of nitrogens with one attached hydrogen (secondary N) is 4. The number of amides is 3. The molecule has 2 aromatic rings. The molecule has 0 aliphatic carbocycles. The van der Waals surface area contributed by atoms with Crippen LogP contribution in [0.25, 0.3) is 0 Å². The molecule has 2 fully saturated rings. The molecule has 12 nitrogen and oxygen atoms in total. The van der Waals surface area contributed by atoms with Crippen molar-refractivity contribution >= 4 is 35.0 Å². The molecule has 3 amide bonds. The third-order valence-electron chi connectivity index (χ3n) is 7.09. The minimum absolute atomic E-state index is 0.00565. The number of nitrogens with zero attached hydrogens (tertiary/aromatic N) is 4. The largest absolute Gasteiger partial charge is 0.494 e. The summed E-state index contributed by atoms with van der Waals surface area (Å²) in [7, 11) is 4.74. The summed E-state index contributed by atoms with van der Waals surface area (Å²) >= 11 is 0. The van der Waals surface area contributed by atoms with Crippen LogP contribution in [0.2, 0.25) is 0 Å². The SMILES string of the molecule is CNC(=O)C1CNCC(C(=O)NC)C1.COc1cc(N2CCN(C(C)=O)CC2)ccc1Nc1ncc(C(F)(F)F)cn1. The van der Waals surface area contributed by atoms with Gasteiger partial charge in [0.05, 0.1) is 30.2 Å². The Hall–Kier alpha value is -4.14. The number of hydrogen-bond donors (Lipinski definition) is 4. The molecule has 1 aromatic heterocycles. The van der Waals surface area contributed by atoms with Gasteiger partial charge in [-0.1, -0.05) is 0 Å². The maximum atomic E-state index is 12.6. The van der Waals surface area contributed by atoms with Gasteiger partial charge in [-0.15, -0.1) is 0 Å². The molecule has 4 N–H and O–H groups in total. The number of rotatable bonds is 6. The summed E-state index contributed by atoms with van der Waals surface area (Å²) in [5.41, 5.74) is 0.553. The molecular weight excluding hydrogens is 557 g/mol. The number of piperazine rings is 1. The van der Waals surface area contributed by atoms with Gasteiger partial charge in [-0.25, -0.2) is 9.97 Å². The second kappa shape index (κ2) is 14.7. The van der Waals surface area contributed by atoms with E-state index in [4.69, 9.17) is 4.74 Å². The zero-order valence-electron chi connectivity index (χ0n) is 24.0. The van der Waals surface area contributed by atoms with Crippen LogP contribution in [0.4, 0.5) is 30.5 Å². The molecule has 2 aliphatic heterocycles. The van der Waals surface area contributed by atoms with E-state index in [0.29, 0.717) is 57.1 Å². The maximum absolute atomic E-state index is 12.6. The van der Waals surface area contributed by atoms with E-state index in [2.05, 4.69) is 36.1 Å². The Bertz CT molecular complexity index is 1200. The lowest BCUT2D eigenvalue weighted by Crippen LogP contribution is -2.48. The van der Waals surface area contributed by atoms with Crippen molar-refractivity contribution in [1.29, 1.82) is 0 Å². The average molecular weight is 595 g/mol. The Morgan fingerprint density at radius 3 is 2.02 bits per heavy atom. The molecule has 15 heteroatoms. The van der Waals surface area contributed by atoms with E-state index in [-0.39, 0.29) is 35.5 Å². The number of alkyl halides is 3. The normalized spacial score (nSPS) is 18.7. The van der Waals surface area contributed by atoms with E-state index in [9.17, 15) is 27.6 Å². The van der Waals surface area contributed by atoms with Crippen LogP contribution in [0.15, 0.2) is 30.6 Å². The lowest BCUT2D eigenvalue weighted by Gasteiger charge is -2.35. The molecule has 2 atom stereocenters. The van der Waals surface area contributed by atoms with Gasteiger partial charge in [0.25, 0.3) is 0 Å². The number of hydrogen-bond acceptors (Lipinski definition) is 9. The van der Waals surface area contributed by atoms with Crippen molar-refractivity contribution in [3.05, 3.63) is 36.2 Å². The number of carbonyl (C=O) groups is 3. The predicted octanol–water partition coefficient (Wildman–Crippen LogP) is 1.62. The lowest BCUT2D eigenvalue weighted by molar-refractivity contribution is -0.138. The van der Waals surface area contributed by atoms with Crippen LogP contribution in [0, 0.1) is 11.8 Å². The number of carbonyl (C=O) groups excluding carboxylic acids is 3. The average Bonchev–Trinajstić information content (AvgIpc) is 3.00. The fourth-order valence-electron chi connectivity index (χ4n) is 4.67. The number of anilines is 3. The molecular formula is C27H37F3N8O4. The van der Waals surface area contributed by atoms with E-state index in [1.807, 2.05) is 12.1 Å². The van der Waals surface area contributed by atoms with Gasteiger partial charge in [0.15, 0.2) is 0 Å². The van der Waals surface area contributed by atoms with Crippen LogP contribution < -0.4 is 30.9 Å². The molecule has 2 aliphatic rings. The van der Waals surface area contributed by atoms with E-state index in [0.717, 1.165) is 18.1 Å². The van der Waals surface area contributed by atoms with Crippen molar-refractivity contribution < 1.29 is 32.3 Å². The third kappa shape index (κ3) is 8.68. The van der Waals surface area contributed by atoms with Crippen molar-refractivity contribution in [3.8, 4) is 5.75 Å². The Kier molecular flexibility index (Phi) is 11.3. The zero-order valence-corrected chi connectivity index (χ0v) is 24.0.